The zero-order valence-corrected chi connectivity index (χ0v) is 13.7. The number of carbonyl (C=O) groups is 2. The minimum absolute atomic E-state index is 0.201. The largest absolute Gasteiger partial charge is 0.481 e. The number of alkyl halides is 3. The fraction of sp³-hybridized carbons (Fsp3) is 0.375. The first-order valence-electron chi connectivity index (χ1n) is 7.37. The van der Waals surface area contributed by atoms with Gasteiger partial charge in [-0.2, -0.15) is 13.2 Å². The first-order chi connectivity index (χ1) is 11.6. The molecule has 1 amide bonds. The van der Waals surface area contributed by atoms with Crippen molar-refractivity contribution in [3.05, 3.63) is 34.5 Å². The fourth-order valence-electron chi connectivity index (χ4n) is 3.09. The molecule has 134 valence electrons. The van der Waals surface area contributed by atoms with Crippen molar-refractivity contribution in [1.82, 2.24) is 4.90 Å². The molecule has 2 atom stereocenters. The zero-order chi connectivity index (χ0) is 18.5. The van der Waals surface area contributed by atoms with E-state index in [1.54, 1.807) is 6.92 Å². The highest BCUT2D eigenvalue weighted by Crippen LogP contribution is 2.39. The van der Waals surface area contributed by atoms with Gasteiger partial charge in [-0.05, 0) is 36.1 Å². The van der Waals surface area contributed by atoms with Gasteiger partial charge in [-0.3, -0.25) is 9.59 Å². The number of hydrogen-bond acceptors (Lipinski definition) is 3. The number of aliphatic carboxylic acids is 1. The van der Waals surface area contributed by atoms with Crippen molar-refractivity contribution in [3.8, 4) is 0 Å². The molecule has 1 N–H and O–H groups in total. The van der Waals surface area contributed by atoms with Gasteiger partial charge in [0.05, 0.1) is 16.7 Å². The minimum Gasteiger partial charge on any atom is -0.481 e. The standard InChI is InChI=1S/C16H13F4NO3S/c1-7-9-4-8(17)2-3-12(9)25-13(7)14(22)21-5-10(15(23)24)11(6-21)16(18,19)20/h2-4,10-11H,5-6H2,1H3,(H,23,24)/t10-,11-/m1/s1. The van der Waals surface area contributed by atoms with Gasteiger partial charge in [-0.25, -0.2) is 4.39 Å². The summed E-state index contributed by atoms with van der Waals surface area (Å²) in [4.78, 5) is 24.9. The van der Waals surface area contributed by atoms with E-state index in [1.165, 1.54) is 18.2 Å². The number of carboxylic acid groups (broad SMARTS) is 1. The Kier molecular flexibility index (Phi) is 4.22. The maximum absolute atomic E-state index is 13.4. The summed E-state index contributed by atoms with van der Waals surface area (Å²) in [5, 5.41) is 9.56. The van der Waals surface area contributed by atoms with Crippen LogP contribution in [0.25, 0.3) is 10.1 Å². The van der Waals surface area contributed by atoms with Crippen molar-refractivity contribution in [2.75, 3.05) is 13.1 Å². The minimum atomic E-state index is -4.70. The summed E-state index contributed by atoms with van der Waals surface area (Å²) < 4.78 is 53.2. The third kappa shape index (κ3) is 3.08. The Labute approximate surface area is 143 Å². The number of likely N-dealkylation sites (tertiary alicyclic amines) is 1. The first-order valence-corrected chi connectivity index (χ1v) is 8.18. The summed E-state index contributed by atoms with van der Waals surface area (Å²) >= 11 is 1.06. The lowest BCUT2D eigenvalue weighted by Crippen LogP contribution is -2.34. The molecule has 1 aliphatic rings. The van der Waals surface area contributed by atoms with Gasteiger partial charge in [-0.15, -0.1) is 11.3 Å². The van der Waals surface area contributed by atoms with E-state index < -0.39 is 48.8 Å². The van der Waals surface area contributed by atoms with Gasteiger partial charge in [0.2, 0.25) is 0 Å². The lowest BCUT2D eigenvalue weighted by Gasteiger charge is -2.18. The lowest BCUT2D eigenvalue weighted by atomic mass is 9.96. The van der Waals surface area contributed by atoms with Gasteiger partial charge in [0, 0.05) is 17.8 Å². The third-order valence-electron chi connectivity index (χ3n) is 4.44. The maximum Gasteiger partial charge on any atom is 0.394 e. The molecule has 9 heteroatoms. The number of thiophene rings is 1. The third-order valence-corrected chi connectivity index (χ3v) is 5.70. The molecule has 2 aromatic rings. The van der Waals surface area contributed by atoms with E-state index in [4.69, 9.17) is 5.11 Å². The number of carbonyl (C=O) groups excluding carboxylic acids is 1. The SMILES string of the molecule is Cc1c(C(=O)N2C[C@@H](C(F)(F)F)[C@H](C(=O)O)C2)sc2ccc(F)cc12. The van der Waals surface area contributed by atoms with E-state index in [1.807, 2.05) is 0 Å². The van der Waals surface area contributed by atoms with Crippen molar-refractivity contribution in [3.63, 3.8) is 0 Å². The highest BCUT2D eigenvalue weighted by molar-refractivity contribution is 7.21. The predicted octanol–water partition coefficient (Wildman–Crippen LogP) is 3.68. The van der Waals surface area contributed by atoms with Gasteiger partial charge in [0.15, 0.2) is 0 Å². The number of benzene rings is 1. The lowest BCUT2D eigenvalue weighted by molar-refractivity contribution is -0.187. The van der Waals surface area contributed by atoms with Gasteiger partial charge in [-0.1, -0.05) is 0 Å². The van der Waals surface area contributed by atoms with Crippen LogP contribution in [-0.4, -0.2) is 41.1 Å². The molecule has 3 rings (SSSR count). The molecule has 1 fully saturated rings. The molecule has 0 radical (unpaired) electrons. The maximum atomic E-state index is 13.4. The van der Waals surface area contributed by atoms with Crippen molar-refractivity contribution in [1.29, 1.82) is 0 Å². The normalized spacial score (nSPS) is 21.1. The van der Waals surface area contributed by atoms with Crippen LogP contribution in [0.15, 0.2) is 18.2 Å². The average Bonchev–Trinajstić information content (AvgIpc) is 3.09. The zero-order valence-electron chi connectivity index (χ0n) is 12.9. The van der Waals surface area contributed by atoms with Crippen LogP contribution in [0.5, 0.6) is 0 Å². The number of nitrogens with zero attached hydrogens (tertiary/aromatic N) is 1. The van der Waals surface area contributed by atoms with E-state index in [0.29, 0.717) is 15.6 Å². The number of fused-ring (bicyclic) bond motifs is 1. The van der Waals surface area contributed by atoms with Gasteiger partial charge in [0.1, 0.15) is 5.82 Å². The molecular weight excluding hydrogens is 362 g/mol. The number of halogens is 4. The molecule has 1 saturated heterocycles. The quantitative estimate of drug-likeness (QED) is 0.815. The molecule has 0 saturated carbocycles. The Morgan fingerprint density at radius 2 is 1.96 bits per heavy atom. The fourth-order valence-corrected chi connectivity index (χ4v) is 4.25. The van der Waals surface area contributed by atoms with Gasteiger partial charge in [0.25, 0.3) is 5.91 Å². The van der Waals surface area contributed by atoms with Crippen molar-refractivity contribution < 1.29 is 32.3 Å². The Hall–Kier alpha value is -2.16. The second-order valence-corrected chi connectivity index (χ2v) is 7.05. The van der Waals surface area contributed by atoms with Crippen molar-refractivity contribution in [2.45, 2.75) is 13.1 Å². The monoisotopic (exact) mass is 375 g/mol. The highest BCUT2D eigenvalue weighted by atomic mass is 32.1. The van der Waals surface area contributed by atoms with Crippen LogP contribution in [0.4, 0.5) is 17.6 Å². The second-order valence-electron chi connectivity index (χ2n) is 6.00. The smallest absolute Gasteiger partial charge is 0.394 e. The Balaban J connectivity index is 1.94. The van der Waals surface area contributed by atoms with E-state index >= 15 is 0 Å². The van der Waals surface area contributed by atoms with E-state index in [-0.39, 0.29) is 4.88 Å². The number of aryl methyl sites for hydroxylation is 1. The number of hydrogen-bond donors (Lipinski definition) is 1. The number of rotatable bonds is 2. The average molecular weight is 375 g/mol. The molecule has 2 heterocycles. The van der Waals surface area contributed by atoms with Crippen LogP contribution in [0.2, 0.25) is 0 Å². The molecule has 0 unspecified atom stereocenters. The van der Waals surface area contributed by atoms with Crippen molar-refractivity contribution >= 4 is 33.3 Å². The van der Waals surface area contributed by atoms with Crippen LogP contribution in [0.1, 0.15) is 15.2 Å². The topological polar surface area (TPSA) is 57.6 Å². The number of amides is 1. The molecule has 0 spiro atoms. The Morgan fingerprint density at radius 1 is 1.28 bits per heavy atom. The molecule has 0 aliphatic carbocycles. The summed E-state index contributed by atoms with van der Waals surface area (Å²) in [7, 11) is 0. The van der Waals surface area contributed by atoms with Crippen LogP contribution in [0, 0.1) is 24.6 Å². The summed E-state index contributed by atoms with van der Waals surface area (Å²) in [6.07, 6.45) is -4.70. The molecular formula is C16H13F4NO3S. The molecule has 1 aromatic carbocycles. The molecule has 1 aliphatic heterocycles. The molecule has 1 aromatic heterocycles. The van der Waals surface area contributed by atoms with E-state index in [9.17, 15) is 27.2 Å². The molecule has 0 bridgehead atoms. The predicted molar refractivity (Wildman–Crippen MR) is 83.1 cm³/mol. The summed E-state index contributed by atoms with van der Waals surface area (Å²) in [5.74, 6) is -6.49. The van der Waals surface area contributed by atoms with Crippen LogP contribution in [-0.2, 0) is 4.79 Å². The molecule has 25 heavy (non-hydrogen) atoms. The van der Waals surface area contributed by atoms with Gasteiger partial charge < -0.3 is 10.0 Å². The number of carboxylic acids is 1. The Bertz CT molecular complexity index is 861. The van der Waals surface area contributed by atoms with E-state index in [2.05, 4.69) is 0 Å². The van der Waals surface area contributed by atoms with Crippen LogP contribution in [0.3, 0.4) is 0 Å². The van der Waals surface area contributed by atoms with Crippen LogP contribution < -0.4 is 0 Å². The molecule has 4 nitrogen and oxygen atoms in total. The van der Waals surface area contributed by atoms with E-state index in [0.717, 1.165) is 16.2 Å². The summed E-state index contributed by atoms with van der Waals surface area (Å²) in [6, 6.07) is 4.00. The van der Waals surface area contributed by atoms with Crippen molar-refractivity contribution in [2.24, 2.45) is 11.8 Å². The van der Waals surface area contributed by atoms with Crippen LogP contribution >= 0.6 is 11.3 Å². The summed E-state index contributed by atoms with van der Waals surface area (Å²) in [5.41, 5.74) is 0.479. The Morgan fingerprint density at radius 3 is 2.52 bits per heavy atom. The second kappa shape index (κ2) is 5.98. The van der Waals surface area contributed by atoms with Gasteiger partial charge >= 0.3 is 12.1 Å². The highest BCUT2D eigenvalue weighted by Gasteiger charge is 2.53. The summed E-state index contributed by atoms with van der Waals surface area (Å²) in [6.45, 7) is 0.402. The first kappa shape index (κ1) is 17.7.